The second kappa shape index (κ2) is 2.61. The van der Waals surface area contributed by atoms with Crippen LogP contribution in [0.3, 0.4) is 0 Å². The second-order valence-electron chi connectivity index (χ2n) is 3.40. The fourth-order valence-corrected chi connectivity index (χ4v) is 2.01. The van der Waals surface area contributed by atoms with E-state index in [9.17, 15) is 0 Å². The van der Waals surface area contributed by atoms with Gasteiger partial charge in [0, 0.05) is 0 Å². The molecule has 0 spiro atoms. The van der Waals surface area contributed by atoms with Gasteiger partial charge in [0.15, 0.2) is 0 Å². The van der Waals surface area contributed by atoms with Crippen LogP contribution >= 0.6 is 0 Å². The number of hydrogen-bond acceptors (Lipinski definition) is 2. The van der Waals surface area contributed by atoms with Crippen LogP contribution in [-0.2, 0) is 4.74 Å². The van der Waals surface area contributed by atoms with Gasteiger partial charge in [-0.3, -0.25) is 0 Å². The minimum atomic E-state index is 0.223. The van der Waals surface area contributed by atoms with E-state index in [4.69, 9.17) is 9.84 Å². The number of allylic oxidation sites excluding steroid dienone is 1. The SMILES string of the molecule is C/C=C(/CO)C1C[C@@H]2O[C@@H]2C1. The number of rotatable bonds is 2. The molecule has 3 atom stereocenters. The topological polar surface area (TPSA) is 32.8 Å². The zero-order valence-electron chi connectivity index (χ0n) is 6.79. The third-order valence-corrected chi connectivity index (χ3v) is 2.80. The van der Waals surface area contributed by atoms with Crippen LogP contribution in [0.4, 0.5) is 0 Å². The predicted molar refractivity (Wildman–Crippen MR) is 42.2 cm³/mol. The molecule has 0 amide bonds. The third kappa shape index (κ3) is 1.21. The molecular weight excluding hydrogens is 140 g/mol. The van der Waals surface area contributed by atoms with Gasteiger partial charge in [-0.05, 0) is 31.3 Å². The quantitative estimate of drug-likeness (QED) is 0.477. The summed E-state index contributed by atoms with van der Waals surface area (Å²) >= 11 is 0. The Morgan fingerprint density at radius 2 is 2.18 bits per heavy atom. The summed E-state index contributed by atoms with van der Waals surface area (Å²) in [6.07, 6.45) is 5.36. The summed E-state index contributed by atoms with van der Waals surface area (Å²) in [5, 5.41) is 8.98. The number of aliphatic hydroxyl groups is 1. The van der Waals surface area contributed by atoms with E-state index in [-0.39, 0.29) is 6.61 Å². The van der Waals surface area contributed by atoms with Crippen molar-refractivity contribution in [2.24, 2.45) is 5.92 Å². The number of ether oxygens (including phenoxy) is 1. The van der Waals surface area contributed by atoms with E-state index in [0.29, 0.717) is 18.1 Å². The predicted octanol–water partition coefficient (Wildman–Crippen LogP) is 1.10. The summed E-state index contributed by atoms with van der Waals surface area (Å²) in [5.41, 5.74) is 1.20. The Morgan fingerprint density at radius 1 is 1.55 bits per heavy atom. The zero-order chi connectivity index (χ0) is 7.84. The van der Waals surface area contributed by atoms with Crippen molar-refractivity contribution in [2.45, 2.75) is 32.0 Å². The molecule has 0 aromatic heterocycles. The van der Waals surface area contributed by atoms with Crippen molar-refractivity contribution >= 4 is 0 Å². The van der Waals surface area contributed by atoms with Crippen molar-refractivity contribution in [2.75, 3.05) is 6.61 Å². The molecule has 11 heavy (non-hydrogen) atoms. The maximum absolute atomic E-state index is 8.98. The first-order chi connectivity index (χ1) is 5.35. The summed E-state index contributed by atoms with van der Waals surface area (Å²) in [6, 6.07) is 0. The Labute approximate surface area is 66.9 Å². The van der Waals surface area contributed by atoms with Crippen molar-refractivity contribution in [3.05, 3.63) is 11.6 Å². The monoisotopic (exact) mass is 154 g/mol. The molecule has 1 aliphatic heterocycles. The van der Waals surface area contributed by atoms with E-state index >= 15 is 0 Å². The Bertz CT molecular complexity index is 176. The minimum Gasteiger partial charge on any atom is -0.392 e. The van der Waals surface area contributed by atoms with Crippen LogP contribution in [0.2, 0.25) is 0 Å². The summed E-state index contributed by atoms with van der Waals surface area (Å²) < 4.78 is 5.31. The van der Waals surface area contributed by atoms with Gasteiger partial charge in [-0.15, -0.1) is 0 Å². The maximum Gasteiger partial charge on any atom is 0.0847 e. The van der Waals surface area contributed by atoms with E-state index in [1.165, 1.54) is 5.57 Å². The largest absolute Gasteiger partial charge is 0.392 e. The van der Waals surface area contributed by atoms with Crippen LogP contribution in [0.5, 0.6) is 0 Å². The summed E-state index contributed by atoms with van der Waals surface area (Å²) in [4.78, 5) is 0. The van der Waals surface area contributed by atoms with Crippen molar-refractivity contribution in [1.82, 2.24) is 0 Å². The van der Waals surface area contributed by atoms with E-state index in [0.717, 1.165) is 12.8 Å². The molecule has 1 heterocycles. The molecule has 0 bridgehead atoms. The lowest BCUT2D eigenvalue weighted by atomic mass is 9.97. The van der Waals surface area contributed by atoms with E-state index in [1.807, 2.05) is 13.0 Å². The lowest BCUT2D eigenvalue weighted by Crippen LogP contribution is -2.06. The van der Waals surface area contributed by atoms with Gasteiger partial charge in [-0.1, -0.05) is 6.08 Å². The molecule has 1 saturated heterocycles. The number of aliphatic hydroxyl groups excluding tert-OH is 1. The molecule has 2 nitrogen and oxygen atoms in total. The van der Waals surface area contributed by atoms with Crippen LogP contribution in [0.15, 0.2) is 11.6 Å². The zero-order valence-corrected chi connectivity index (χ0v) is 6.79. The Hall–Kier alpha value is -0.340. The fourth-order valence-electron chi connectivity index (χ4n) is 2.01. The molecular formula is C9H14O2. The average molecular weight is 154 g/mol. The molecule has 1 unspecified atom stereocenters. The number of epoxide rings is 1. The van der Waals surface area contributed by atoms with Crippen molar-refractivity contribution in [3.8, 4) is 0 Å². The maximum atomic E-state index is 8.98. The average Bonchev–Trinajstić information content (AvgIpc) is 2.62. The molecule has 0 aromatic rings. The summed E-state index contributed by atoms with van der Waals surface area (Å²) in [5.74, 6) is 0.605. The highest BCUT2D eigenvalue weighted by Gasteiger charge is 2.48. The highest BCUT2D eigenvalue weighted by atomic mass is 16.6. The normalized spacial score (nSPS) is 42.4. The second-order valence-corrected chi connectivity index (χ2v) is 3.40. The minimum absolute atomic E-state index is 0.223. The number of hydrogen-bond donors (Lipinski definition) is 1. The molecule has 1 N–H and O–H groups in total. The molecule has 2 aliphatic rings. The fraction of sp³-hybridized carbons (Fsp3) is 0.778. The summed E-state index contributed by atoms with van der Waals surface area (Å²) in [7, 11) is 0. The highest BCUT2D eigenvalue weighted by Crippen LogP contribution is 2.44. The van der Waals surface area contributed by atoms with Gasteiger partial charge < -0.3 is 9.84 Å². The van der Waals surface area contributed by atoms with Crippen LogP contribution in [-0.4, -0.2) is 23.9 Å². The smallest absolute Gasteiger partial charge is 0.0847 e. The highest BCUT2D eigenvalue weighted by molar-refractivity contribution is 5.13. The van der Waals surface area contributed by atoms with E-state index < -0.39 is 0 Å². The molecule has 2 fully saturated rings. The van der Waals surface area contributed by atoms with Crippen LogP contribution in [0.1, 0.15) is 19.8 Å². The first kappa shape index (κ1) is 7.32. The van der Waals surface area contributed by atoms with E-state index in [1.54, 1.807) is 0 Å². The molecule has 2 heteroatoms. The first-order valence-corrected chi connectivity index (χ1v) is 4.26. The molecule has 0 aromatic carbocycles. The van der Waals surface area contributed by atoms with Gasteiger partial charge in [-0.2, -0.15) is 0 Å². The standard InChI is InChI=1S/C9H14O2/c1-2-6(5-10)7-3-8-9(4-7)11-8/h2,7-10H,3-5H2,1H3/b6-2-/t7?,8-,9+. The van der Waals surface area contributed by atoms with Crippen LogP contribution < -0.4 is 0 Å². The lowest BCUT2D eigenvalue weighted by Gasteiger charge is -2.12. The molecule has 62 valence electrons. The Balaban J connectivity index is 1.95. The molecule has 2 rings (SSSR count). The number of fused-ring (bicyclic) bond motifs is 1. The molecule has 0 radical (unpaired) electrons. The van der Waals surface area contributed by atoms with Gasteiger partial charge in [0.25, 0.3) is 0 Å². The van der Waals surface area contributed by atoms with Gasteiger partial charge in [0.1, 0.15) is 0 Å². The first-order valence-electron chi connectivity index (χ1n) is 4.26. The van der Waals surface area contributed by atoms with Crippen LogP contribution in [0, 0.1) is 5.92 Å². The van der Waals surface area contributed by atoms with E-state index in [2.05, 4.69) is 0 Å². The van der Waals surface area contributed by atoms with Gasteiger partial charge in [0.05, 0.1) is 18.8 Å². The Morgan fingerprint density at radius 3 is 2.64 bits per heavy atom. The Kier molecular flexibility index (Phi) is 1.74. The van der Waals surface area contributed by atoms with Gasteiger partial charge in [-0.25, -0.2) is 0 Å². The summed E-state index contributed by atoms with van der Waals surface area (Å²) in [6.45, 7) is 2.22. The van der Waals surface area contributed by atoms with Gasteiger partial charge in [0.2, 0.25) is 0 Å². The molecule has 1 aliphatic carbocycles. The van der Waals surface area contributed by atoms with Crippen molar-refractivity contribution in [3.63, 3.8) is 0 Å². The molecule has 1 saturated carbocycles. The van der Waals surface area contributed by atoms with Crippen molar-refractivity contribution < 1.29 is 9.84 Å². The van der Waals surface area contributed by atoms with Gasteiger partial charge >= 0.3 is 0 Å². The third-order valence-electron chi connectivity index (χ3n) is 2.80. The van der Waals surface area contributed by atoms with Crippen molar-refractivity contribution in [1.29, 1.82) is 0 Å². The lowest BCUT2D eigenvalue weighted by molar-refractivity contribution is 0.264. The van der Waals surface area contributed by atoms with Crippen LogP contribution in [0.25, 0.3) is 0 Å².